The lowest BCUT2D eigenvalue weighted by molar-refractivity contribution is -0.166. The van der Waals surface area contributed by atoms with Gasteiger partial charge in [-0.3, -0.25) is 14.4 Å². The lowest BCUT2D eigenvalue weighted by atomic mass is 10.0. The Hall–Kier alpha value is -4.71. The molecule has 0 saturated carbocycles. The SMILES string of the molecule is CC/C=C\C/C=C\C/C=C\C/C=C\C/C=C\C/C=C\CCC(=O)OC(COC(=O)CCCCC/C=C\C/C=C\C/C=C\C/C=C\C/C=C\CC)COC(=O)CCCCCCCCCCCCCCCCC/C=C\CCCCCCCCCC. The highest BCUT2D eigenvalue weighted by Gasteiger charge is 2.19. The summed E-state index contributed by atoms with van der Waals surface area (Å²) in [7, 11) is 0. The summed E-state index contributed by atoms with van der Waals surface area (Å²) in [6, 6.07) is 0. The predicted octanol–water partition coefficient (Wildman–Crippen LogP) is 23.9. The van der Waals surface area contributed by atoms with Crippen LogP contribution < -0.4 is 0 Å². The standard InChI is InChI=1S/C77H126O6/c1-4-7-10-13-16-19-22-25-28-31-34-35-36-37-38-39-40-41-44-46-49-52-55-58-61-64-67-70-76(79)82-73-74(83-77(80)71-68-65-62-59-56-53-50-47-43-33-30-27-24-21-18-15-12-9-6-3)72-81-75(78)69-66-63-60-57-54-51-48-45-42-32-29-26-23-20-17-14-11-8-5-2/h8-9,11-12,17-18,20-21,26-27,29-31,34,42-43,45,47,51,53-54,56,62,65,74H,4-7,10,13-16,19,22-25,28,32-33,35-41,44,46,48-50,52,55,57-61,63-64,66-73H2,1-3H3/b11-8-,12-9-,20-17-,21-18-,29-26-,30-27-,34-31-,45-42-,47-43-,54-51-,56-53-,65-62-. The largest absolute Gasteiger partial charge is 0.462 e. The zero-order valence-corrected chi connectivity index (χ0v) is 53.9. The number of esters is 3. The Morgan fingerprint density at radius 3 is 0.807 bits per heavy atom. The van der Waals surface area contributed by atoms with Crippen LogP contribution in [-0.2, 0) is 28.6 Å². The molecule has 0 saturated heterocycles. The van der Waals surface area contributed by atoms with Gasteiger partial charge in [0.25, 0.3) is 0 Å². The Balaban J connectivity index is 4.46. The van der Waals surface area contributed by atoms with Gasteiger partial charge in [-0.15, -0.1) is 0 Å². The minimum atomic E-state index is -0.840. The van der Waals surface area contributed by atoms with E-state index in [1.165, 1.54) is 141 Å². The van der Waals surface area contributed by atoms with Crippen LogP contribution in [0.15, 0.2) is 146 Å². The predicted molar refractivity (Wildman–Crippen MR) is 362 cm³/mol. The van der Waals surface area contributed by atoms with Crippen molar-refractivity contribution in [3.8, 4) is 0 Å². The molecule has 0 spiro atoms. The van der Waals surface area contributed by atoms with Gasteiger partial charge in [-0.05, 0) is 128 Å². The van der Waals surface area contributed by atoms with E-state index >= 15 is 0 Å². The fourth-order valence-corrected chi connectivity index (χ4v) is 9.26. The Morgan fingerprint density at radius 1 is 0.253 bits per heavy atom. The maximum Gasteiger partial charge on any atom is 0.306 e. The van der Waals surface area contributed by atoms with Crippen LogP contribution in [0.25, 0.3) is 0 Å². The molecule has 0 N–H and O–H groups in total. The second-order valence-electron chi connectivity index (χ2n) is 22.3. The summed E-state index contributed by atoms with van der Waals surface area (Å²) in [5, 5.41) is 0. The van der Waals surface area contributed by atoms with Crippen LogP contribution in [0.2, 0.25) is 0 Å². The van der Waals surface area contributed by atoms with Gasteiger partial charge < -0.3 is 14.2 Å². The lowest BCUT2D eigenvalue weighted by Crippen LogP contribution is -2.30. The first-order chi connectivity index (χ1) is 41.0. The number of ether oxygens (including phenoxy) is 3. The number of rotatable bonds is 61. The minimum Gasteiger partial charge on any atom is -0.462 e. The summed E-state index contributed by atoms with van der Waals surface area (Å²) in [5.41, 5.74) is 0. The number of unbranched alkanes of at least 4 members (excludes halogenated alkanes) is 26. The van der Waals surface area contributed by atoms with E-state index in [2.05, 4.69) is 161 Å². The molecular weight excluding hydrogens is 1020 g/mol. The second kappa shape index (κ2) is 69.8. The van der Waals surface area contributed by atoms with Gasteiger partial charge in [-0.2, -0.15) is 0 Å². The zero-order valence-electron chi connectivity index (χ0n) is 53.9. The third-order valence-corrected chi connectivity index (χ3v) is 14.3. The molecule has 0 amide bonds. The van der Waals surface area contributed by atoms with E-state index in [9.17, 15) is 14.4 Å². The first-order valence-corrected chi connectivity index (χ1v) is 34.3. The van der Waals surface area contributed by atoms with Gasteiger partial charge in [0.15, 0.2) is 6.10 Å². The van der Waals surface area contributed by atoms with Crippen LogP contribution >= 0.6 is 0 Å². The molecule has 0 aliphatic heterocycles. The van der Waals surface area contributed by atoms with E-state index in [0.717, 1.165) is 116 Å². The second-order valence-corrected chi connectivity index (χ2v) is 22.3. The average Bonchev–Trinajstić information content (AvgIpc) is 3.50. The van der Waals surface area contributed by atoms with E-state index < -0.39 is 12.1 Å². The van der Waals surface area contributed by atoms with Gasteiger partial charge in [0, 0.05) is 19.3 Å². The molecule has 0 heterocycles. The van der Waals surface area contributed by atoms with Crippen molar-refractivity contribution in [3.05, 3.63) is 146 Å². The molecule has 0 rings (SSSR count). The molecule has 6 heteroatoms. The summed E-state index contributed by atoms with van der Waals surface area (Å²) in [5.74, 6) is -1.04. The maximum absolute atomic E-state index is 12.9. The third kappa shape index (κ3) is 68.0. The van der Waals surface area contributed by atoms with Crippen LogP contribution in [-0.4, -0.2) is 37.2 Å². The molecule has 1 unspecified atom stereocenters. The Morgan fingerprint density at radius 2 is 0.494 bits per heavy atom. The highest BCUT2D eigenvalue weighted by atomic mass is 16.6. The van der Waals surface area contributed by atoms with Crippen LogP contribution in [0.4, 0.5) is 0 Å². The van der Waals surface area contributed by atoms with E-state index in [1.54, 1.807) is 0 Å². The highest BCUT2D eigenvalue weighted by Crippen LogP contribution is 2.16. The van der Waals surface area contributed by atoms with Crippen molar-refractivity contribution in [2.45, 2.75) is 309 Å². The topological polar surface area (TPSA) is 78.9 Å². The molecule has 0 bridgehead atoms. The molecular formula is C77H126O6. The number of hydrogen-bond donors (Lipinski definition) is 0. The van der Waals surface area contributed by atoms with Gasteiger partial charge in [0.2, 0.25) is 0 Å². The number of carbonyl (C=O) groups excluding carboxylic acids is 3. The van der Waals surface area contributed by atoms with Gasteiger partial charge in [-0.25, -0.2) is 0 Å². The third-order valence-electron chi connectivity index (χ3n) is 14.3. The highest BCUT2D eigenvalue weighted by molar-refractivity contribution is 5.71. The number of hydrogen-bond acceptors (Lipinski definition) is 6. The summed E-state index contributed by atoms with van der Waals surface area (Å²) in [6.07, 6.45) is 100. The van der Waals surface area contributed by atoms with Crippen molar-refractivity contribution in [1.82, 2.24) is 0 Å². The molecule has 0 fully saturated rings. The fraction of sp³-hybridized carbons (Fsp3) is 0.649. The van der Waals surface area contributed by atoms with E-state index in [-0.39, 0.29) is 31.6 Å². The zero-order chi connectivity index (χ0) is 59.9. The van der Waals surface area contributed by atoms with Crippen molar-refractivity contribution >= 4 is 17.9 Å². The summed E-state index contributed by atoms with van der Waals surface area (Å²) in [4.78, 5) is 38.4. The lowest BCUT2D eigenvalue weighted by Gasteiger charge is -2.18. The Labute approximate surface area is 512 Å². The van der Waals surface area contributed by atoms with Crippen LogP contribution in [0.5, 0.6) is 0 Å². The molecule has 6 nitrogen and oxygen atoms in total. The van der Waals surface area contributed by atoms with Gasteiger partial charge in [0.1, 0.15) is 13.2 Å². The van der Waals surface area contributed by atoms with Gasteiger partial charge in [0.05, 0.1) is 0 Å². The van der Waals surface area contributed by atoms with Crippen molar-refractivity contribution < 1.29 is 28.6 Å². The van der Waals surface area contributed by atoms with Crippen molar-refractivity contribution in [3.63, 3.8) is 0 Å². The molecule has 0 aromatic rings. The number of allylic oxidation sites excluding steroid dienone is 24. The Kier molecular flexibility index (Phi) is 65.8. The molecule has 0 aliphatic carbocycles. The molecule has 1 atom stereocenters. The summed E-state index contributed by atoms with van der Waals surface area (Å²) >= 11 is 0. The maximum atomic E-state index is 12.9. The minimum absolute atomic E-state index is 0.123. The molecule has 0 aromatic carbocycles. The average molecular weight is 1150 g/mol. The molecule has 470 valence electrons. The fourth-order valence-electron chi connectivity index (χ4n) is 9.26. The van der Waals surface area contributed by atoms with Gasteiger partial charge in [-0.1, -0.05) is 301 Å². The number of carbonyl (C=O) groups is 3. The smallest absolute Gasteiger partial charge is 0.306 e. The van der Waals surface area contributed by atoms with Crippen molar-refractivity contribution in [2.24, 2.45) is 0 Å². The summed E-state index contributed by atoms with van der Waals surface area (Å²) in [6.45, 7) is 6.34. The first-order valence-electron chi connectivity index (χ1n) is 34.3. The van der Waals surface area contributed by atoms with E-state index in [4.69, 9.17) is 14.2 Å². The van der Waals surface area contributed by atoms with Crippen molar-refractivity contribution in [2.75, 3.05) is 13.2 Å². The van der Waals surface area contributed by atoms with Gasteiger partial charge >= 0.3 is 17.9 Å². The van der Waals surface area contributed by atoms with Crippen LogP contribution in [0.1, 0.15) is 303 Å². The normalized spacial score (nSPS) is 13.0. The monoisotopic (exact) mass is 1150 g/mol. The van der Waals surface area contributed by atoms with E-state index in [1.807, 2.05) is 6.08 Å². The molecule has 0 aromatic heterocycles. The van der Waals surface area contributed by atoms with Crippen LogP contribution in [0, 0.1) is 0 Å². The summed E-state index contributed by atoms with van der Waals surface area (Å²) < 4.78 is 16.9. The Bertz CT molecular complexity index is 1800. The molecule has 0 radical (unpaired) electrons. The van der Waals surface area contributed by atoms with Crippen molar-refractivity contribution in [1.29, 1.82) is 0 Å². The molecule has 83 heavy (non-hydrogen) atoms. The molecule has 0 aliphatic rings. The van der Waals surface area contributed by atoms with Crippen LogP contribution in [0.3, 0.4) is 0 Å². The van der Waals surface area contributed by atoms with E-state index in [0.29, 0.717) is 19.3 Å². The quantitative estimate of drug-likeness (QED) is 0.0261. The first kappa shape index (κ1) is 78.3.